The smallest absolute Gasteiger partial charge is 0.310 e. The van der Waals surface area contributed by atoms with Gasteiger partial charge < -0.3 is 29.8 Å². The number of anilines is 1. The van der Waals surface area contributed by atoms with E-state index in [4.69, 9.17) is 24.9 Å². The third-order valence-electron chi connectivity index (χ3n) is 7.37. The van der Waals surface area contributed by atoms with Crippen LogP contribution in [0.2, 0.25) is 0 Å². The number of fused-ring (bicyclic) bond motifs is 1. The van der Waals surface area contributed by atoms with Gasteiger partial charge in [0.2, 0.25) is 0 Å². The van der Waals surface area contributed by atoms with Crippen molar-refractivity contribution in [1.82, 2.24) is 14.6 Å². The highest BCUT2D eigenvalue weighted by atomic mass is 16.6. The average Bonchev–Trinajstić information content (AvgIpc) is 3.88. The Kier molecular flexibility index (Phi) is 17.4. The van der Waals surface area contributed by atoms with Gasteiger partial charge in [-0.05, 0) is 54.5 Å². The standard InChI is InChI=1S/C22H23N5O3.C8H8O2.C8H8O.CH4O/c23-14-30-19(13-29-21(28)12-16-4-2-1-3-5-16)10-8-18-9-11-20-22(26-17-6-7-17)24-15-25-27(18)20;9-8(10)6-7-4-2-1-3-5-7;9-7-6-8-4-2-1-3-5-8;1-2/h1-5,9,11,15,17,19H,6-8,10,12-13H2,(H,24,25,26);1-5H,6H2,(H,9,10);1-5,7H,6H2;2H,1H3. The molecule has 1 fully saturated rings. The first-order valence-corrected chi connectivity index (χ1v) is 16.5. The minimum absolute atomic E-state index is 0.0337. The van der Waals surface area contributed by atoms with Gasteiger partial charge in [0.05, 0.1) is 12.8 Å². The first kappa shape index (κ1) is 39.4. The molecule has 1 atom stereocenters. The molecule has 1 aliphatic rings. The second kappa shape index (κ2) is 22.6. The van der Waals surface area contributed by atoms with Crippen LogP contribution in [0.15, 0.2) is 109 Å². The lowest BCUT2D eigenvalue weighted by Crippen LogP contribution is -2.22. The van der Waals surface area contributed by atoms with Gasteiger partial charge in [0, 0.05) is 25.3 Å². The first-order valence-electron chi connectivity index (χ1n) is 16.5. The van der Waals surface area contributed by atoms with Crippen LogP contribution in [0, 0.1) is 11.5 Å². The number of aryl methyl sites for hydroxylation is 1. The highest BCUT2D eigenvalue weighted by Gasteiger charge is 2.23. The summed E-state index contributed by atoms with van der Waals surface area (Å²) in [6.45, 7) is 0.0337. The van der Waals surface area contributed by atoms with E-state index in [1.165, 1.54) is 19.2 Å². The number of aldehydes is 1. The minimum atomic E-state index is -0.786. The number of esters is 1. The molecular formula is C39H43N5O7. The van der Waals surface area contributed by atoms with E-state index in [2.05, 4.69) is 15.4 Å². The number of carbonyl (C=O) groups excluding carboxylic acids is 2. The third-order valence-corrected chi connectivity index (χ3v) is 7.37. The van der Waals surface area contributed by atoms with Crippen LogP contribution >= 0.6 is 0 Å². The minimum Gasteiger partial charge on any atom is -0.481 e. The van der Waals surface area contributed by atoms with Gasteiger partial charge in [0.1, 0.15) is 30.8 Å². The Labute approximate surface area is 297 Å². The quantitative estimate of drug-likeness (QED) is 0.0788. The van der Waals surface area contributed by atoms with E-state index in [0.717, 1.165) is 47.1 Å². The van der Waals surface area contributed by atoms with E-state index in [1.807, 2.05) is 95.5 Å². The van der Waals surface area contributed by atoms with Crippen molar-refractivity contribution < 1.29 is 34.1 Å². The Bertz CT molecular complexity index is 1790. The number of nitriles is 1. The number of ether oxygens (including phenoxy) is 2. The number of rotatable bonds is 14. The van der Waals surface area contributed by atoms with Gasteiger partial charge in [0.25, 0.3) is 6.26 Å². The van der Waals surface area contributed by atoms with Crippen LogP contribution in [-0.4, -0.2) is 68.9 Å². The largest absolute Gasteiger partial charge is 0.481 e. The van der Waals surface area contributed by atoms with Crippen LogP contribution in [0.1, 0.15) is 41.6 Å². The molecule has 3 aromatic carbocycles. The zero-order valence-corrected chi connectivity index (χ0v) is 28.5. The summed E-state index contributed by atoms with van der Waals surface area (Å²) >= 11 is 0. The van der Waals surface area contributed by atoms with Crippen LogP contribution in [0.25, 0.3) is 5.52 Å². The molecule has 1 unspecified atom stereocenters. The monoisotopic (exact) mass is 693 g/mol. The molecule has 3 N–H and O–H groups in total. The lowest BCUT2D eigenvalue weighted by molar-refractivity contribution is -0.145. The van der Waals surface area contributed by atoms with E-state index < -0.39 is 12.1 Å². The van der Waals surface area contributed by atoms with Crippen LogP contribution in [0.4, 0.5) is 5.82 Å². The lowest BCUT2D eigenvalue weighted by Gasteiger charge is -2.14. The number of carboxylic acids is 1. The highest BCUT2D eigenvalue weighted by Crippen LogP contribution is 2.26. The van der Waals surface area contributed by atoms with Gasteiger partial charge in [-0.2, -0.15) is 10.4 Å². The van der Waals surface area contributed by atoms with Crippen molar-refractivity contribution in [2.45, 2.75) is 57.1 Å². The van der Waals surface area contributed by atoms with E-state index >= 15 is 0 Å². The van der Waals surface area contributed by atoms with Crippen LogP contribution in [0.3, 0.4) is 0 Å². The average molecular weight is 694 g/mol. The van der Waals surface area contributed by atoms with E-state index in [9.17, 15) is 14.4 Å². The van der Waals surface area contributed by atoms with Gasteiger partial charge in [-0.1, -0.05) is 91.0 Å². The summed E-state index contributed by atoms with van der Waals surface area (Å²) in [5.41, 5.74) is 4.71. The Morgan fingerprint density at radius 3 is 2.06 bits per heavy atom. The van der Waals surface area contributed by atoms with Crippen molar-refractivity contribution in [3.05, 3.63) is 132 Å². The summed E-state index contributed by atoms with van der Waals surface area (Å²) in [6.07, 6.45) is 7.96. The van der Waals surface area contributed by atoms with Crippen molar-refractivity contribution in [3.63, 3.8) is 0 Å². The molecule has 2 aromatic heterocycles. The van der Waals surface area contributed by atoms with Crippen molar-refractivity contribution in [2.75, 3.05) is 19.0 Å². The van der Waals surface area contributed by atoms with E-state index in [1.54, 1.807) is 18.4 Å². The normalized spacial score (nSPS) is 11.8. The van der Waals surface area contributed by atoms with Gasteiger partial charge >= 0.3 is 11.9 Å². The zero-order valence-electron chi connectivity index (χ0n) is 28.5. The highest BCUT2D eigenvalue weighted by molar-refractivity contribution is 5.72. The molecule has 51 heavy (non-hydrogen) atoms. The summed E-state index contributed by atoms with van der Waals surface area (Å²) in [7, 11) is 1.00. The van der Waals surface area contributed by atoms with Crippen molar-refractivity contribution in [1.29, 1.82) is 5.26 Å². The molecule has 1 aliphatic carbocycles. The molecule has 2 heterocycles. The maximum Gasteiger partial charge on any atom is 0.310 e. The Morgan fingerprint density at radius 1 is 0.922 bits per heavy atom. The first-order chi connectivity index (χ1) is 24.9. The maximum absolute atomic E-state index is 12.1. The third kappa shape index (κ3) is 14.9. The number of aliphatic hydroxyl groups is 1. The van der Waals surface area contributed by atoms with Gasteiger partial charge in [-0.15, -0.1) is 0 Å². The Morgan fingerprint density at radius 2 is 1.51 bits per heavy atom. The molecule has 0 amide bonds. The number of aromatic nitrogens is 3. The number of carbonyl (C=O) groups is 3. The summed E-state index contributed by atoms with van der Waals surface area (Å²) in [4.78, 5) is 36.6. The molecule has 6 rings (SSSR count). The number of aliphatic hydroxyl groups excluding tert-OH is 1. The number of carboxylic acid groups (broad SMARTS) is 1. The molecule has 0 radical (unpaired) electrons. The van der Waals surface area contributed by atoms with Crippen molar-refractivity contribution in [3.8, 4) is 6.26 Å². The predicted octanol–water partition coefficient (Wildman–Crippen LogP) is 5.24. The Balaban J connectivity index is 0.000000272. The molecule has 0 spiro atoms. The van der Waals surface area contributed by atoms with Crippen LogP contribution < -0.4 is 5.32 Å². The molecule has 12 heteroatoms. The molecule has 12 nitrogen and oxygen atoms in total. The molecule has 0 bridgehead atoms. The van der Waals surface area contributed by atoms with Crippen LogP contribution in [-0.2, 0) is 49.5 Å². The maximum atomic E-state index is 12.1. The molecule has 5 aromatic rings. The van der Waals surface area contributed by atoms with Crippen LogP contribution in [0.5, 0.6) is 0 Å². The van der Waals surface area contributed by atoms with Crippen molar-refractivity contribution >= 4 is 29.6 Å². The number of nitrogens with zero attached hydrogens (tertiary/aromatic N) is 4. The lowest BCUT2D eigenvalue weighted by atomic mass is 10.1. The van der Waals surface area contributed by atoms with Gasteiger partial charge in [0.15, 0.2) is 5.82 Å². The number of hydrogen-bond acceptors (Lipinski definition) is 10. The van der Waals surface area contributed by atoms with E-state index in [-0.39, 0.29) is 25.4 Å². The second-order valence-corrected chi connectivity index (χ2v) is 11.3. The fourth-order valence-electron chi connectivity index (χ4n) is 4.75. The fraction of sp³-hybridized carbons (Fsp3) is 0.282. The summed E-state index contributed by atoms with van der Waals surface area (Å²) < 4.78 is 12.3. The number of hydrogen-bond donors (Lipinski definition) is 3. The predicted molar refractivity (Wildman–Crippen MR) is 192 cm³/mol. The summed E-state index contributed by atoms with van der Waals surface area (Å²) in [5, 5.41) is 32.1. The molecular weight excluding hydrogens is 650 g/mol. The van der Waals surface area contributed by atoms with Gasteiger partial charge in [-0.25, -0.2) is 9.50 Å². The van der Waals surface area contributed by atoms with Crippen molar-refractivity contribution in [2.24, 2.45) is 0 Å². The topological polar surface area (TPSA) is 176 Å². The number of aliphatic carboxylic acids is 1. The number of benzene rings is 3. The molecule has 0 aliphatic heterocycles. The molecule has 266 valence electrons. The number of nitrogens with one attached hydrogen (secondary N) is 1. The summed E-state index contributed by atoms with van der Waals surface area (Å²) in [6, 6.07) is 32.7. The zero-order chi connectivity index (χ0) is 36.7. The summed E-state index contributed by atoms with van der Waals surface area (Å²) in [5.74, 6) is -0.297. The Hall–Kier alpha value is -6.06. The molecule has 1 saturated carbocycles. The molecule has 0 saturated heterocycles. The van der Waals surface area contributed by atoms with E-state index in [0.29, 0.717) is 25.3 Å². The van der Waals surface area contributed by atoms with Gasteiger partial charge in [-0.3, -0.25) is 9.59 Å². The SMILES string of the molecule is CO.N#COC(CCc1ccc2c(NC3CC3)ncnn12)COC(=O)Cc1ccccc1.O=C(O)Cc1ccccc1.O=CCc1ccccc1. The fourth-order valence-corrected chi connectivity index (χ4v) is 4.75. The second-order valence-electron chi connectivity index (χ2n) is 11.3.